The summed E-state index contributed by atoms with van der Waals surface area (Å²) >= 11 is 0. The molecule has 1 spiro atoms. The summed E-state index contributed by atoms with van der Waals surface area (Å²) in [5.74, 6) is 1.42. The molecule has 1 fully saturated rings. The fourth-order valence-corrected chi connectivity index (χ4v) is 6.39. The predicted octanol–water partition coefficient (Wildman–Crippen LogP) is 8.57. The van der Waals surface area contributed by atoms with Crippen molar-refractivity contribution >= 4 is 11.6 Å². The Morgan fingerprint density at radius 2 is 1.62 bits per heavy atom. The number of carbonyl (C=O) groups excluding carboxylic acids is 2. The molecule has 0 N–H and O–H groups in total. The SMILES string of the molecule is CC.CC.CC1CC=C2C3=C(CCC21C)C1(C)CCC(=O)C=C1C1(CC1)C3.CCC(C)=O. The van der Waals surface area contributed by atoms with Gasteiger partial charge in [0.05, 0.1) is 0 Å². The molecule has 0 radical (unpaired) electrons. The Hall–Kier alpha value is -1.44. The van der Waals surface area contributed by atoms with Gasteiger partial charge >= 0.3 is 0 Å². The largest absolute Gasteiger partial charge is 0.300 e. The topological polar surface area (TPSA) is 34.1 Å². The molecule has 180 valence electrons. The molecule has 0 aromatic rings. The van der Waals surface area contributed by atoms with Crippen molar-refractivity contribution < 1.29 is 9.59 Å². The van der Waals surface area contributed by atoms with E-state index < -0.39 is 0 Å². The summed E-state index contributed by atoms with van der Waals surface area (Å²) in [6, 6.07) is 0. The number of allylic oxidation sites excluding steroid dienone is 6. The van der Waals surface area contributed by atoms with E-state index in [0.717, 1.165) is 18.8 Å². The quantitative estimate of drug-likeness (QED) is 0.409. The van der Waals surface area contributed by atoms with Gasteiger partial charge < -0.3 is 4.79 Å². The van der Waals surface area contributed by atoms with Gasteiger partial charge in [0, 0.05) is 18.3 Å². The van der Waals surface area contributed by atoms with Gasteiger partial charge in [-0.15, -0.1) is 0 Å². The molecule has 5 aliphatic carbocycles. The van der Waals surface area contributed by atoms with Crippen molar-refractivity contribution in [3.8, 4) is 0 Å². The van der Waals surface area contributed by atoms with Gasteiger partial charge in [0.25, 0.3) is 0 Å². The average molecular weight is 441 g/mol. The van der Waals surface area contributed by atoms with Crippen LogP contribution in [0.3, 0.4) is 0 Å². The molecular formula is C30H48O2. The Balaban J connectivity index is 0.000000354. The number of rotatable bonds is 1. The zero-order valence-electron chi connectivity index (χ0n) is 22.4. The predicted molar refractivity (Wildman–Crippen MR) is 137 cm³/mol. The number of hydrogen-bond acceptors (Lipinski definition) is 2. The molecule has 0 bridgehead atoms. The second kappa shape index (κ2) is 10.2. The van der Waals surface area contributed by atoms with E-state index in [-0.39, 0.29) is 11.2 Å². The maximum atomic E-state index is 12.1. The lowest BCUT2D eigenvalue weighted by Gasteiger charge is -2.52. The van der Waals surface area contributed by atoms with Crippen molar-refractivity contribution in [2.45, 2.75) is 120 Å². The highest BCUT2D eigenvalue weighted by atomic mass is 16.1. The Kier molecular flexibility index (Phi) is 8.57. The van der Waals surface area contributed by atoms with E-state index in [1.165, 1.54) is 44.1 Å². The van der Waals surface area contributed by atoms with Crippen LogP contribution in [0.1, 0.15) is 120 Å². The minimum absolute atomic E-state index is 0.186. The van der Waals surface area contributed by atoms with E-state index in [0.29, 0.717) is 23.0 Å². The first-order valence-electron chi connectivity index (χ1n) is 13.3. The van der Waals surface area contributed by atoms with Crippen LogP contribution >= 0.6 is 0 Å². The van der Waals surface area contributed by atoms with Crippen LogP contribution in [-0.2, 0) is 9.59 Å². The molecule has 5 aliphatic rings. The second-order valence-corrected chi connectivity index (χ2v) is 10.5. The maximum Gasteiger partial charge on any atom is 0.155 e. The molecule has 0 amide bonds. The van der Waals surface area contributed by atoms with E-state index >= 15 is 0 Å². The molecule has 2 nitrogen and oxygen atoms in total. The molecule has 3 atom stereocenters. The molecule has 32 heavy (non-hydrogen) atoms. The number of ketones is 2. The maximum absolute atomic E-state index is 12.1. The molecule has 2 heteroatoms. The molecule has 5 rings (SSSR count). The molecule has 0 heterocycles. The van der Waals surface area contributed by atoms with E-state index in [1.54, 1.807) is 23.6 Å². The highest BCUT2D eigenvalue weighted by Crippen LogP contribution is 2.71. The number of fused-ring (bicyclic) bond motifs is 5. The van der Waals surface area contributed by atoms with Crippen LogP contribution in [0, 0.1) is 22.2 Å². The minimum atomic E-state index is 0.186. The van der Waals surface area contributed by atoms with Crippen LogP contribution in [0.15, 0.2) is 34.4 Å². The first-order valence-corrected chi connectivity index (χ1v) is 13.3. The van der Waals surface area contributed by atoms with Crippen LogP contribution in [0.4, 0.5) is 0 Å². The van der Waals surface area contributed by atoms with Crippen molar-refractivity contribution in [1.29, 1.82) is 0 Å². The Morgan fingerprint density at radius 3 is 2.16 bits per heavy atom. The van der Waals surface area contributed by atoms with Crippen LogP contribution in [0.2, 0.25) is 0 Å². The molecule has 0 aromatic heterocycles. The fourth-order valence-electron chi connectivity index (χ4n) is 6.39. The molecule has 1 saturated carbocycles. The van der Waals surface area contributed by atoms with E-state index in [9.17, 15) is 9.59 Å². The van der Waals surface area contributed by atoms with Gasteiger partial charge in [-0.3, -0.25) is 4.79 Å². The molecule has 0 aliphatic heterocycles. The second-order valence-electron chi connectivity index (χ2n) is 10.5. The Labute approximate surface area is 198 Å². The number of hydrogen-bond donors (Lipinski definition) is 0. The Bertz CT molecular complexity index is 820. The summed E-state index contributed by atoms with van der Waals surface area (Å²) < 4.78 is 0. The third-order valence-electron chi connectivity index (χ3n) is 8.84. The first kappa shape index (κ1) is 26.8. The number of Topliss-reactive ketones (excluding diaryl/α,β-unsaturated/α-hetero) is 1. The van der Waals surface area contributed by atoms with Crippen molar-refractivity contribution in [2.24, 2.45) is 22.2 Å². The van der Waals surface area contributed by atoms with Crippen molar-refractivity contribution in [1.82, 2.24) is 0 Å². The van der Waals surface area contributed by atoms with Crippen molar-refractivity contribution in [3.63, 3.8) is 0 Å². The molecular weight excluding hydrogens is 392 g/mol. The molecule has 3 unspecified atom stereocenters. The molecule has 0 aromatic carbocycles. The van der Waals surface area contributed by atoms with E-state index in [2.05, 4.69) is 32.9 Å². The monoisotopic (exact) mass is 440 g/mol. The Morgan fingerprint density at radius 1 is 1.03 bits per heavy atom. The lowest BCUT2D eigenvalue weighted by molar-refractivity contribution is -0.117. The van der Waals surface area contributed by atoms with Gasteiger partial charge in [0.15, 0.2) is 5.78 Å². The van der Waals surface area contributed by atoms with Gasteiger partial charge in [-0.05, 0) is 85.8 Å². The lowest BCUT2D eigenvalue weighted by atomic mass is 9.52. The van der Waals surface area contributed by atoms with Crippen molar-refractivity contribution in [3.05, 3.63) is 34.4 Å². The van der Waals surface area contributed by atoms with Crippen LogP contribution in [-0.4, -0.2) is 11.6 Å². The van der Waals surface area contributed by atoms with Crippen LogP contribution < -0.4 is 0 Å². The summed E-state index contributed by atoms with van der Waals surface area (Å²) in [7, 11) is 0. The number of carbonyl (C=O) groups is 2. The minimum Gasteiger partial charge on any atom is -0.300 e. The third kappa shape index (κ3) is 4.48. The van der Waals surface area contributed by atoms with E-state index in [1.807, 2.05) is 34.6 Å². The standard InChI is InChI=1S/C22H28O.C4H8O.2C2H6/c1-14-4-5-17-16-13-22(10-11-22)19-12-15(23)6-8-21(19,3)18(16)7-9-20(14,17)2;1-3-4(2)5;2*1-2/h5,12,14H,4,6-11,13H2,1-3H3;3H2,1-2H3;2*1-2H3. The van der Waals surface area contributed by atoms with Gasteiger partial charge in [0.1, 0.15) is 5.78 Å². The summed E-state index contributed by atoms with van der Waals surface area (Å²) in [5, 5.41) is 0. The van der Waals surface area contributed by atoms with Crippen LogP contribution in [0.25, 0.3) is 0 Å². The van der Waals surface area contributed by atoms with E-state index in [4.69, 9.17) is 0 Å². The van der Waals surface area contributed by atoms with Crippen molar-refractivity contribution in [2.75, 3.05) is 0 Å². The fraction of sp³-hybridized carbons (Fsp3) is 0.733. The lowest BCUT2D eigenvalue weighted by Crippen LogP contribution is -2.41. The summed E-state index contributed by atoms with van der Waals surface area (Å²) in [5.41, 5.74) is 7.63. The van der Waals surface area contributed by atoms with Gasteiger partial charge in [-0.1, -0.05) is 72.6 Å². The smallest absolute Gasteiger partial charge is 0.155 e. The normalized spacial score (nSPS) is 32.9. The van der Waals surface area contributed by atoms with Gasteiger partial charge in [-0.25, -0.2) is 0 Å². The summed E-state index contributed by atoms with van der Waals surface area (Å²) in [4.78, 5) is 21.9. The van der Waals surface area contributed by atoms with Gasteiger partial charge in [-0.2, -0.15) is 0 Å². The summed E-state index contributed by atoms with van der Waals surface area (Å²) in [6.07, 6.45) is 14.8. The molecule has 0 saturated heterocycles. The van der Waals surface area contributed by atoms with Gasteiger partial charge in [0.2, 0.25) is 0 Å². The zero-order valence-corrected chi connectivity index (χ0v) is 22.4. The first-order chi connectivity index (χ1) is 15.2. The third-order valence-corrected chi connectivity index (χ3v) is 8.84. The average Bonchev–Trinajstić information content (AvgIpc) is 3.50. The highest BCUT2D eigenvalue weighted by molar-refractivity contribution is 5.92. The zero-order chi connectivity index (χ0) is 24.3. The summed E-state index contributed by atoms with van der Waals surface area (Å²) in [6.45, 7) is 18.8. The highest BCUT2D eigenvalue weighted by Gasteiger charge is 2.60. The van der Waals surface area contributed by atoms with Crippen LogP contribution in [0.5, 0.6) is 0 Å².